The van der Waals surface area contributed by atoms with E-state index in [1.54, 1.807) is 37.1 Å². The molecular formula is C18H20N4O3. The van der Waals surface area contributed by atoms with Gasteiger partial charge in [0.25, 0.3) is 5.56 Å². The maximum Gasteiger partial charge on any atom is 0.261 e. The highest BCUT2D eigenvalue weighted by atomic mass is 16.5. The Morgan fingerprint density at radius 3 is 2.72 bits per heavy atom. The first-order valence-corrected chi connectivity index (χ1v) is 8.02. The summed E-state index contributed by atoms with van der Waals surface area (Å²) in [6.07, 6.45) is 1.43. The van der Waals surface area contributed by atoms with Crippen LogP contribution >= 0.6 is 0 Å². The predicted octanol–water partition coefficient (Wildman–Crippen LogP) is 2.22. The highest BCUT2D eigenvalue weighted by molar-refractivity contribution is 5.81. The van der Waals surface area contributed by atoms with Crippen LogP contribution in [0.1, 0.15) is 30.0 Å². The number of carbonyl (C=O) groups excluding carboxylic acids is 1. The van der Waals surface area contributed by atoms with Crippen molar-refractivity contribution in [3.63, 3.8) is 0 Å². The zero-order valence-electron chi connectivity index (χ0n) is 14.7. The lowest BCUT2D eigenvalue weighted by Crippen LogP contribution is -2.37. The molecule has 0 bridgehead atoms. The van der Waals surface area contributed by atoms with Gasteiger partial charge in [-0.1, -0.05) is 17.3 Å². The van der Waals surface area contributed by atoms with Crippen molar-refractivity contribution in [1.82, 2.24) is 19.6 Å². The third-order valence-corrected chi connectivity index (χ3v) is 4.42. The maximum atomic E-state index is 12.8. The molecule has 0 fully saturated rings. The molecule has 0 aliphatic heterocycles. The van der Waals surface area contributed by atoms with E-state index in [1.165, 1.54) is 10.9 Å². The molecule has 3 aromatic rings. The van der Waals surface area contributed by atoms with Gasteiger partial charge in [0.1, 0.15) is 11.8 Å². The molecule has 1 amide bonds. The molecule has 1 aromatic carbocycles. The van der Waals surface area contributed by atoms with Crippen LogP contribution in [0.5, 0.6) is 0 Å². The van der Waals surface area contributed by atoms with Crippen LogP contribution < -0.4 is 5.56 Å². The number of amides is 1. The van der Waals surface area contributed by atoms with Crippen molar-refractivity contribution in [3.8, 4) is 0 Å². The van der Waals surface area contributed by atoms with E-state index in [1.807, 2.05) is 19.9 Å². The van der Waals surface area contributed by atoms with Crippen LogP contribution in [0, 0.1) is 13.8 Å². The van der Waals surface area contributed by atoms with Crippen LogP contribution in [-0.2, 0) is 11.3 Å². The van der Waals surface area contributed by atoms with Gasteiger partial charge < -0.3 is 9.42 Å². The SMILES string of the molecule is Cc1noc(C)c1CN(C)C(=O)[C@@H](C)n1cnc2ccccc2c1=O. The molecule has 0 saturated heterocycles. The summed E-state index contributed by atoms with van der Waals surface area (Å²) in [5, 5.41) is 4.40. The van der Waals surface area contributed by atoms with Gasteiger partial charge in [-0.25, -0.2) is 4.98 Å². The fourth-order valence-electron chi connectivity index (χ4n) is 2.84. The second kappa shape index (κ2) is 6.51. The van der Waals surface area contributed by atoms with Crippen LogP contribution in [0.3, 0.4) is 0 Å². The predicted molar refractivity (Wildman–Crippen MR) is 93.2 cm³/mol. The number of nitrogens with zero attached hydrogens (tertiary/aromatic N) is 4. The van der Waals surface area contributed by atoms with Gasteiger partial charge in [0.15, 0.2) is 0 Å². The van der Waals surface area contributed by atoms with E-state index in [0.717, 1.165) is 11.3 Å². The third-order valence-electron chi connectivity index (χ3n) is 4.42. The number of aromatic nitrogens is 3. The number of carbonyl (C=O) groups is 1. The Hall–Kier alpha value is -2.96. The fraction of sp³-hybridized carbons (Fsp3) is 0.333. The van der Waals surface area contributed by atoms with E-state index < -0.39 is 6.04 Å². The summed E-state index contributed by atoms with van der Waals surface area (Å²) in [4.78, 5) is 31.3. The van der Waals surface area contributed by atoms with Crippen LogP contribution in [0.15, 0.2) is 39.9 Å². The van der Waals surface area contributed by atoms with Crippen LogP contribution in [0.25, 0.3) is 10.9 Å². The van der Waals surface area contributed by atoms with Gasteiger partial charge in [-0.3, -0.25) is 14.2 Å². The number of para-hydroxylation sites is 1. The Balaban J connectivity index is 1.87. The molecule has 0 radical (unpaired) electrons. The number of aryl methyl sites for hydroxylation is 2. The quantitative estimate of drug-likeness (QED) is 0.727. The molecule has 25 heavy (non-hydrogen) atoms. The Morgan fingerprint density at radius 2 is 2.04 bits per heavy atom. The molecule has 0 saturated carbocycles. The molecule has 0 N–H and O–H groups in total. The van der Waals surface area contributed by atoms with Gasteiger partial charge in [-0.2, -0.15) is 0 Å². The first-order chi connectivity index (χ1) is 11.9. The van der Waals surface area contributed by atoms with E-state index in [-0.39, 0.29) is 11.5 Å². The lowest BCUT2D eigenvalue weighted by atomic mass is 10.2. The second-order valence-electron chi connectivity index (χ2n) is 6.15. The third kappa shape index (κ3) is 3.05. The molecular weight excluding hydrogens is 320 g/mol. The number of likely N-dealkylation sites (N-methyl/N-ethyl adjacent to an activating group) is 1. The molecule has 130 valence electrons. The summed E-state index contributed by atoms with van der Waals surface area (Å²) in [5.74, 6) is 0.508. The van der Waals surface area contributed by atoms with E-state index >= 15 is 0 Å². The van der Waals surface area contributed by atoms with Crippen LogP contribution in [0.4, 0.5) is 0 Å². The molecule has 0 aliphatic carbocycles. The largest absolute Gasteiger partial charge is 0.361 e. The highest BCUT2D eigenvalue weighted by Crippen LogP contribution is 2.17. The average Bonchev–Trinajstić information content (AvgIpc) is 2.93. The van der Waals surface area contributed by atoms with Crippen molar-refractivity contribution >= 4 is 16.8 Å². The van der Waals surface area contributed by atoms with Crippen molar-refractivity contribution in [1.29, 1.82) is 0 Å². The summed E-state index contributed by atoms with van der Waals surface area (Å²) in [7, 11) is 1.70. The molecule has 7 heteroatoms. The zero-order chi connectivity index (χ0) is 18.1. The Bertz CT molecular complexity index is 970. The Kier molecular flexibility index (Phi) is 4.39. The summed E-state index contributed by atoms with van der Waals surface area (Å²) in [6.45, 7) is 5.73. The van der Waals surface area contributed by atoms with E-state index in [2.05, 4.69) is 10.1 Å². The van der Waals surface area contributed by atoms with Crippen LogP contribution in [0.2, 0.25) is 0 Å². The molecule has 0 unspecified atom stereocenters. The lowest BCUT2D eigenvalue weighted by molar-refractivity contribution is -0.133. The smallest absolute Gasteiger partial charge is 0.261 e. The molecule has 7 nitrogen and oxygen atoms in total. The zero-order valence-corrected chi connectivity index (χ0v) is 14.7. The van der Waals surface area contributed by atoms with Gasteiger partial charge in [0, 0.05) is 12.6 Å². The number of hydrogen-bond acceptors (Lipinski definition) is 5. The van der Waals surface area contributed by atoms with Gasteiger partial charge in [0.05, 0.1) is 29.5 Å². The van der Waals surface area contributed by atoms with Crippen molar-refractivity contribution in [2.45, 2.75) is 33.4 Å². The average molecular weight is 340 g/mol. The summed E-state index contributed by atoms with van der Waals surface area (Å²) < 4.78 is 6.50. The van der Waals surface area contributed by atoms with E-state index in [4.69, 9.17) is 4.52 Å². The molecule has 0 spiro atoms. The second-order valence-corrected chi connectivity index (χ2v) is 6.15. The minimum absolute atomic E-state index is 0.181. The monoisotopic (exact) mass is 340 g/mol. The van der Waals surface area contributed by atoms with Gasteiger partial charge in [-0.15, -0.1) is 0 Å². The molecule has 2 aromatic heterocycles. The highest BCUT2D eigenvalue weighted by Gasteiger charge is 2.23. The van der Waals surface area contributed by atoms with Gasteiger partial charge in [0.2, 0.25) is 5.91 Å². The van der Waals surface area contributed by atoms with Crippen LogP contribution in [-0.4, -0.2) is 32.6 Å². The summed E-state index contributed by atoms with van der Waals surface area (Å²) in [6, 6.07) is 6.44. The summed E-state index contributed by atoms with van der Waals surface area (Å²) >= 11 is 0. The van der Waals surface area contributed by atoms with E-state index in [9.17, 15) is 9.59 Å². The normalized spacial score (nSPS) is 12.3. The van der Waals surface area contributed by atoms with Crippen molar-refractivity contribution in [2.75, 3.05) is 7.05 Å². The number of rotatable bonds is 4. The van der Waals surface area contributed by atoms with Gasteiger partial charge >= 0.3 is 0 Å². The molecule has 0 aliphatic rings. The topological polar surface area (TPSA) is 81.2 Å². The summed E-state index contributed by atoms with van der Waals surface area (Å²) in [5.41, 5.74) is 2.03. The minimum Gasteiger partial charge on any atom is -0.361 e. The number of hydrogen-bond donors (Lipinski definition) is 0. The Labute approximate surface area is 144 Å². The van der Waals surface area contributed by atoms with E-state index in [0.29, 0.717) is 23.2 Å². The standard InChI is InChI=1S/C18H20N4O3/c1-11-15(13(3)25-20-11)9-21(4)17(23)12(2)22-10-19-16-8-6-5-7-14(16)18(22)24/h5-8,10,12H,9H2,1-4H3/t12-/m1/s1. The maximum absolute atomic E-state index is 12.8. The van der Waals surface area contributed by atoms with Crippen molar-refractivity contribution < 1.29 is 9.32 Å². The molecule has 3 rings (SSSR count). The lowest BCUT2D eigenvalue weighted by Gasteiger charge is -2.22. The Morgan fingerprint density at radius 1 is 1.32 bits per heavy atom. The number of fused-ring (bicyclic) bond motifs is 1. The molecule has 1 atom stereocenters. The van der Waals surface area contributed by atoms with Crippen molar-refractivity contribution in [2.24, 2.45) is 0 Å². The first kappa shape index (κ1) is 16.9. The van der Waals surface area contributed by atoms with Crippen molar-refractivity contribution in [3.05, 3.63) is 58.0 Å². The fourth-order valence-corrected chi connectivity index (χ4v) is 2.84. The number of benzene rings is 1. The minimum atomic E-state index is -0.657. The van der Waals surface area contributed by atoms with Gasteiger partial charge in [-0.05, 0) is 32.9 Å². The molecule has 2 heterocycles. The first-order valence-electron chi connectivity index (χ1n) is 8.02.